The minimum absolute atomic E-state index is 0.00360. The van der Waals surface area contributed by atoms with Gasteiger partial charge in [0.2, 0.25) is 0 Å². The molecule has 5 heteroatoms. The first-order valence-electron chi connectivity index (χ1n) is 16.9. The average Bonchev–Trinajstić information content (AvgIpc) is 3.14. The second kappa shape index (κ2) is 10.6. The van der Waals surface area contributed by atoms with E-state index < -0.39 is 6.10 Å². The second-order valence-corrected chi connectivity index (χ2v) is 15.9. The lowest BCUT2D eigenvalue weighted by Gasteiger charge is -2.65. The Morgan fingerprint density at radius 2 is 1.76 bits per heavy atom. The molecule has 4 bridgehead atoms. The molecule has 7 aliphatic rings. The summed E-state index contributed by atoms with van der Waals surface area (Å²) >= 11 is 0. The van der Waals surface area contributed by atoms with Gasteiger partial charge in [-0.25, -0.2) is 0 Å². The highest BCUT2D eigenvalue weighted by atomic mass is 16.5. The first kappa shape index (κ1) is 28.2. The Morgan fingerprint density at radius 3 is 2.51 bits per heavy atom. The van der Waals surface area contributed by atoms with Crippen LogP contribution in [0.25, 0.3) is 0 Å². The fourth-order valence-electron chi connectivity index (χ4n) is 11.4. The van der Waals surface area contributed by atoms with Crippen molar-refractivity contribution in [1.29, 1.82) is 0 Å². The third kappa shape index (κ3) is 5.16. The Kier molecular flexibility index (Phi) is 7.27. The molecule has 226 valence electrons. The van der Waals surface area contributed by atoms with Crippen molar-refractivity contribution in [2.75, 3.05) is 26.7 Å². The van der Waals surface area contributed by atoms with Crippen LogP contribution in [-0.4, -0.2) is 54.5 Å². The maximum atomic E-state index is 10.3. The summed E-state index contributed by atoms with van der Waals surface area (Å²) in [6.07, 6.45) is 22.3. The van der Waals surface area contributed by atoms with Crippen LogP contribution in [0.15, 0.2) is 24.3 Å². The molecule has 41 heavy (non-hydrogen) atoms. The SMILES string of the molecule is COc1ccc2c3c1O[C@H]1C[C@@H](O)C=C[C@@]31CCN(CCCCCCCCNC13CC4CC(C)(CC(C)(C4)C1)C3)C2. The lowest BCUT2D eigenvalue weighted by Crippen LogP contribution is -2.64. The van der Waals surface area contributed by atoms with E-state index in [0.29, 0.717) is 22.8 Å². The van der Waals surface area contributed by atoms with E-state index in [4.69, 9.17) is 9.47 Å². The zero-order valence-electron chi connectivity index (χ0n) is 26.0. The standard InChI is InChI=1S/C36H54N2O3/c1-33-19-26-20-34(2,23-33)25-35(21-26,24-33)37-15-8-6-4-5-7-9-16-38-17-14-36-13-12-28(39)18-30(36)41-32-29(40-3)11-10-27(22-38)31(32)36/h10-13,26,28,30,37,39H,4-9,14-25H2,1-3H3/t26?,28-,30-,33?,34?,35?,36-/m0/s1. The molecule has 2 unspecified atom stereocenters. The van der Waals surface area contributed by atoms with Gasteiger partial charge in [0.1, 0.15) is 6.10 Å². The van der Waals surface area contributed by atoms with Crippen LogP contribution in [0.3, 0.4) is 0 Å². The molecule has 4 saturated carbocycles. The molecule has 1 spiro atoms. The van der Waals surface area contributed by atoms with E-state index in [1.165, 1.54) is 94.7 Å². The smallest absolute Gasteiger partial charge is 0.166 e. The van der Waals surface area contributed by atoms with E-state index in [2.05, 4.69) is 42.3 Å². The van der Waals surface area contributed by atoms with Crippen molar-refractivity contribution in [3.63, 3.8) is 0 Å². The van der Waals surface area contributed by atoms with Gasteiger partial charge >= 0.3 is 0 Å². The lowest BCUT2D eigenvalue weighted by atomic mass is 9.43. The van der Waals surface area contributed by atoms with Crippen LogP contribution in [0.5, 0.6) is 11.5 Å². The van der Waals surface area contributed by atoms with E-state index in [1.54, 1.807) is 7.11 Å². The molecule has 5 aliphatic carbocycles. The predicted molar refractivity (Wildman–Crippen MR) is 165 cm³/mol. The first-order valence-corrected chi connectivity index (χ1v) is 16.9. The van der Waals surface area contributed by atoms with Crippen molar-refractivity contribution in [3.8, 4) is 11.5 Å². The summed E-state index contributed by atoms with van der Waals surface area (Å²) < 4.78 is 12.2. The molecule has 5 atom stereocenters. The molecule has 0 radical (unpaired) electrons. The average molecular weight is 563 g/mol. The van der Waals surface area contributed by atoms with Gasteiger partial charge in [0.15, 0.2) is 11.5 Å². The second-order valence-electron chi connectivity index (χ2n) is 15.9. The van der Waals surface area contributed by atoms with Gasteiger partial charge in [0.05, 0.1) is 18.6 Å². The summed E-state index contributed by atoms with van der Waals surface area (Å²) in [5, 5.41) is 14.5. The van der Waals surface area contributed by atoms with Crippen LogP contribution in [0.4, 0.5) is 0 Å². The highest BCUT2D eigenvalue weighted by molar-refractivity contribution is 5.61. The number of aliphatic hydroxyl groups excluding tert-OH is 1. The van der Waals surface area contributed by atoms with Gasteiger partial charge in [-0.3, -0.25) is 4.90 Å². The number of benzene rings is 1. The molecule has 0 amide bonds. The number of nitrogens with zero attached hydrogens (tertiary/aromatic N) is 1. The van der Waals surface area contributed by atoms with Crippen LogP contribution >= 0.6 is 0 Å². The fraction of sp³-hybridized carbons (Fsp3) is 0.778. The van der Waals surface area contributed by atoms with Crippen molar-refractivity contribution < 1.29 is 14.6 Å². The molecule has 0 saturated heterocycles. The zero-order valence-corrected chi connectivity index (χ0v) is 26.0. The van der Waals surface area contributed by atoms with Crippen molar-refractivity contribution in [1.82, 2.24) is 10.2 Å². The summed E-state index contributed by atoms with van der Waals surface area (Å²) in [6, 6.07) is 4.32. The Morgan fingerprint density at radius 1 is 1.00 bits per heavy atom. The van der Waals surface area contributed by atoms with Gasteiger partial charge in [-0.15, -0.1) is 0 Å². The van der Waals surface area contributed by atoms with Crippen LogP contribution in [-0.2, 0) is 12.0 Å². The van der Waals surface area contributed by atoms with Gasteiger partial charge in [0, 0.05) is 24.1 Å². The largest absolute Gasteiger partial charge is 0.493 e. The highest BCUT2D eigenvalue weighted by Crippen LogP contribution is 2.66. The minimum atomic E-state index is -0.423. The molecule has 8 rings (SSSR count). The van der Waals surface area contributed by atoms with Crippen molar-refractivity contribution in [2.45, 2.75) is 133 Å². The summed E-state index contributed by atoms with van der Waals surface area (Å²) in [4.78, 5) is 2.65. The van der Waals surface area contributed by atoms with Gasteiger partial charge in [-0.05, 0) is 106 Å². The number of hydrogen-bond acceptors (Lipinski definition) is 5. The van der Waals surface area contributed by atoms with E-state index in [-0.39, 0.29) is 11.5 Å². The predicted octanol–water partition coefficient (Wildman–Crippen LogP) is 6.90. The Balaban J connectivity index is 0.853. The minimum Gasteiger partial charge on any atom is -0.493 e. The molecule has 5 nitrogen and oxygen atoms in total. The molecule has 0 aromatic heterocycles. The van der Waals surface area contributed by atoms with Crippen molar-refractivity contribution in [3.05, 3.63) is 35.4 Å². The van der Waals surface area contributed by atoms with E-state index in [0.717, 1.165) is 43.5 Å². The van der Waals surface area contributed by atoms with Crippen molar-refractivity contribution >= 4 is 0 Å². The zero-order chi connectivity index (χ0) is 28.3. The summed E-state index contributed by atoms with van der Waals surface area (Å²) in [6.45, 7) is 9.60. The molecular weight excluding hydrogens is 508 g/mol. The maximum Gasteiger partial charge on any atom is 0.166 e. The Hall–Kier alpha value is -1.56. The Labute approximate surface area is 248 Å². The van der Waals surface area contributed by atoms with Crippen LogP contribution in [0.1, 0.15) is 115 Å². The topological polar surface area (TPSA) is 54.0 Å². The third-order valence-electron chi connectivity index (χ3n) is 12.1. The van der Waals surface area contributed by atoms with Gasteiger partial charge in [-0.2, -0.15) is 0 Å². The summed E-state index contributed by atoms with van der Waals surface area (Å²) in [7, 11) is 1.73. The molecule has 4 fully saturated rings. The quantitative estimate of drug-likeness (QED) is 0.227. The maximum absolute atomic E-state index is 10.3. The Bertz CT molecular complexity index is 1150. The molecule has 2 aliphatic heterocycles. The van der Waals surface area contributed by atoms with Gasteiger partial charge in [0.25, 0.3) is 0 Å². The number of hydrogen-bond donors (Lipinski definition) is 2. The lowest BCUT2D eigenvalue weighted by molar-refractivity contribution is -0.117. The number of nitrogens with one attached hydrogen (secondary N) is 1. The number of aliphatic hydroxyl groups is 1. The monoisotopic (exact) mass is 562 g/mol. The summed E-state index contributed by atoms with van der Waals surface area (Å²) in [5.41, 5.74) is 4.23. The normalized spacial score (nSPS) is 40.2. The third-order valence-corrected chi connectivity index (χ3v) is 12.1. The van der Waals surface area contributed by atoms with Crippen LogP contribution in [0, 0.1) is 16.7 Å². The molecule has 2 N–H and O–H groups in total. The highest BCUT2D eigenvalue weighted by Gasteiger charge is 2.59. The van der Waals surface area contributed by atoms with Crippen molar-refractivity contribution in [2.24, 2.45) is 16.7 Å². The van der Waals surface area contributed by atoms with E-state index >= 15 is 0 Å². The van der Waals surface area contributed by atoms with E-state index in [1.807, 2.05) is 6.08 Å². The molecule has 1 aromatic carbocycles. The van der Waals surface area contributed by atoms with Gasteiger partial charge < -0.3 is 19.9 Å². The summed E-state index contributed by atoms with van der Waals surface area (Å²) in [5.74, 6) is 2.72. The molecule has 2 heterocycles. The van der Waals surface area contributed by atoms with Crippen LogP contribution < -0.4 is 14.8 Å². The number of methoxy groups -OCH3 is 1. The fourth-order valence-corrected chi connectivity index (χ4v) is 11.4. The first-order chi connectivity index (χ1) is 19.7. The number of rotatable bonds is 11. The number of ether oxygens (including phenoxy) is 2. The van der Waals surface area contributed by atoms with Crippen LogP contribution in [0.2, 0.25) is 0 Å². The number of unbranched alkanes of at least 4 members (excludes halogenated alkanes) is 5. The van der Waals surface area contributed by atoms with Gasteiger partial charge in [-0.1, -0.05) is 57.7 Å². The molecular formula is C36H54N2O3. The van der Waals surface area contributed by atoms with E-state index in [9.17, 15) is 5.11 Å². The molecule has 1 aromatic rings.